The normalized spacial score (nSPS) is 19.0. The number of nitrogens with zero attached hydrogens (tertiary/aromatic N) is 4. The molecule has 5 N–H and O–H groups in total. The Kier molecular flexibility index (Phi) is 21.5. The minimum atomic E-state index is -0.967. The number of likely N-dealkylation sites (N-methyl/N-ethyl adjacent to an activating group) is 2. The fraction of sp³-hybridized carbons (Fsp3) is 0.706. The van der Waals surface area contributed by atoms with Crippen molar-refractivity contribution in [3.05, 3.63) is 36.0 Å². The van der Waals surface area contributed by atoms with Gasteiger partial charge in [-0.05, 0) is 68.7 Å². The number of amides is 7. The van der Waals surface area contributed by atoms with Crippen molar-refractivity contribution in [2.45, 2.75) is 162 Å². The van der Waals surface area contributed by atoms with E-state index in [2.05, 4.69) is 15.6 Å². The fourth-order valence-electron chi connectivity index (χ4n) is 10.3. The summed E-state index contributed by atoms with van der Waals surface area (Å²) in [6, 6.07) is 4.45. The molecule has 0 aliphatic carbocycles. The number of aromatic nitrogens is 1. The van der Waals surface area contributed by atoms with Gasteiger partial charge >= 0.3 is 0 Å². The van der Waals surface area contributed by atoms with Gasteiger partial charge in [-0.3, -0.25) is 43.4 Å². The Labute approximate surface area is 404 Å². The number of carbonyl (C=O) groups excluding carboxylic acids is 7. The van der Waals surface area contributed by atoms with E-state index < -0.39 is 60.1 Å². The Morgan fingerprint density at radius 3 is 2.15 bits per heavy atom. The Morgan fingerprint density at radius 1 is 0.882 bits per heavy atom. The fourth-order valence-corrected chi connectivity index (χ4v) is 10.3. The summed E-state index contributed by atoms with van der Waals surface area (Å²) in [5, 5.41) is 6.91. The molecule has 1 aromatic heterocycles. The third-order valence-corrected chi connectivity index (χ3v) is 14.4. The number of rotatable bonds is 28. The first-order valence-corrected chi connectivity index (χ1v) is 24.9. The number of hydrogen-bond acceptors (Lipinski definition) is 10. The molecule has 17 nitrogen and oxygen atoms in total. The molecule has 7 amide bonds. The monoisotopic (exact) mass is 951 g/mol. The molecular formula is C51H82N8O9. The number of para-hydroxylation sites is 1. The number of primary amides is 1. The summed E-state index contributed by atoms with van der Waals surface area (Å²) in [5.74, 6) is -3.07. The van der Waals surface area contributed by atoms with Gasteiger partial charge in [-0.2, -0.15) is 0 Å². The molecule has 7 unspecified atom stereocenters. The van der Waals surface area contributed by atoms with Crippen LogP contribution in [0, 0.1) is 23.7 Å². The first kappa shape index (κ1) is 55.7. The number of unbranched alkanes of at least 4 members (excludes halogenated alkanes) is 3. The summed E-state index contributed by atoms with van der Waals surface area (Å²) in [6.45, 7) is 15.1. The first-order chi connectivity index (χ1) is 32.3. The summed E-state index contributed by atoms with van der Waals surface area (Å²) in [7, 11) is 6.70. The molecule has 2 aliphatic rings. The molecule has 1 aromatic carbocycles. The van der Waals surface area contributed by atoms with E-state index in [0.717, 1.165) is 42.1 Å². The van der Waals surface area contributed by atoms with Gasteiger partial charge < -0.3 is 40.6 Å². The number of hydrogen-bond donors (Lipinski definition) is 4. The van der Waals surface area contributed by atoms with Crippen LogP contribution in [-0.4, -0.2) is 156 Å². The smallest absolute Gasteiger partial charge is 0.245 e. The number of nitrogens with two attached hydrogens (primary N) is 1. The van der Waals surface area contributed by atoms with Crippen molar-refractivity contribution in [2.75, 3.05) is 47.9 Å². The summed E-state index contributed by atoms with van der Waals surface area (Å²) < 4.78 is 12.1. The third-order valence-electron chi connectivity index (χ3n) is 14.4. The van der Waals surface area contributed by atoms with Crippen molar-refractivity contribution >= 4 is 52.3 Å². The quantitative estimate of drug-likeness (QED) is 0.0697. The van der Waals surface area contributed by atoms with Crippen LogP contribution in [0.4, 0.5) is 0 Å². The standard InChI is InChI=1S/C51H82N8O9/c1-12-33(6)46(57(9)51(66)44(31(2)3)55-50(65)45(32(4)5)56(8)25-17-13-14-18-26-59-41(60)23-24-42(59)61)40(67-10)29-43(62)58-27-19-22-39(58)47(68-11)34(7)49(64)54-38(48(52)63)28-35-30-53-37-21-16-15-20-36(35)37/h15-16,20-21,30-34,38-40,44-47,53H,12-14,17-19,22-29H2,1-11H3,(H2,52,63)(H,54,64)(H,55,65)/t33?,34?,38-,39?,40?,44-,45?,46?,47?/m0/s1. The molecule has 2 aromatic rings. The molecule has 68 heavy (non-hydrogen) atoms. The minimum Gasteiger partial charge on any atom is -0.379 e. The van der Waals surface area contributed by atoms with Crippen molar-refractivity contribution in [1.82, 2.24) is 35.2 Å². The van der Waals surface area contributed by atoms with E-state index in [1.54, 1.807) is 30.9 Å². The lowest BCUT2D eigenvalue weighted by atomic mass is 9.89. The zero-order valence-electron chi connectivity index (χ0n) is 42.7. The molecule has 0 radical (unpaired) electrons. The van der Waals surface area contributed by atoms with Gasteiger partial charge in [-0.1, -0.05) is 85.9 Å². The number of likely N-dealkylation sites (tertiary alicyclic amines) is 2. The predicted molar refractivity (Wildman–Crippen MR) is 262 cm³/mol. The van der Waals surface area contributed by atoms with Crippen LogP contribution >= 0.6 is 0 Å². The van der Waals surface area contributed by atoms with Gasteiger partial charge in [-0.25, -0.2) is 0 Å². The summed E-state index contributed by atoms with van der Waals surface area (Å²) in [5.41, 5.74) is 7.56. The average molecular weight is 951 g/mol. The van der Waals surface area contributed by atoms with E-state index in [-0.39, 0.29) is 60.1 Å². The molecular weight excluding hydrogens is 869 g/mol. The SMILES string of the molecule is CCC(C)C(C(CC(=O)N1CCCC1C(OC)C(C)C(=O)N[C@@H](Cc1c[nH]c2ccccc12)C(N)=O)OC)N(C)C(=O)[C@@H](NC(=O)C(C(C)C)N(C)CCCCCCN1C(=O)CCC1=O)C(C)C. The maximum atomic E-state index is 14.6. The van der Waals surface area contributed by atoms with Gasteiger partial charge in [0.15, 0.2) is 0 Å². The van der Waals surface area contributed by atoms with Gasteiger partial charge in [0.2, 0.25) is 41.4 Å². The Balaban J connectivity index is 1.40. The highest BCUT2D eigenvalue weighted by molar-refractivity contribution is 6.01. The summed E-state index contributed by atoms with van der Waals surface area (Å²) in [4.78, 5) is 104. The van der Waals surface area contributed by atoms with Gasteiger partial charge in [0.05, 0.1) is 42.7 Å². The maximum Gasteiger partial charge on any atom is 0.245 e. The predicted octanol–water partition coefficient (Wildman–Crippen LogP) is 4.41. The van der Waals surface area contributed by atoms with E-state index in [0.29, 0.717) is 51.7 Å². The highest BCUT2D eigenvalue weighted by Crippen LogP contribution is 2.30. The van der Waals surface area contributed by atoms with Crippen molar-refractivity contribution in [2.24, 2.45) is 29.4 Å². The van der Waals surface area contributed by atoms with Crippen molar-refractivity contribution in [3.63, 3.8) is 0 Å². The molecule has 2 saturated heterocycles. The van der Waals surface area contributed by atoms with Crippen LogP contribution in [0.2, 0.25) is 0 Å². The molecule has 380 valence electrons. The molecule has 0 spiro atoms. The van der Waals surface area contributed by atoms with Crippen molar-refractivity contribution < 1.29 is 43.0 Å². The number of nitrogens with one attached hydrogen (secondary N) is 3. The van der Waals surface area contributed by atoms with Gasteiger partial charge in [0.25, 0.3) is 0 Å². The zero-order valence-corrected chi connectivity index (χ0v) is 42.7. The maximum absolute atomic E-state index is 14.6. The van der Waals surface area contributed by atoms with Gasteiger partial charge in [0.1, 0.15) is 12.1 Å². The molecule has 9 atom stereocenters. The molecule has 0 saturated carbocycles. The summed E-state index contributed by atoms with van der Waals surface area (Å²) in [6.07, 6.45) is 6.55. The van der Waals surface area contributed by atoms with E-state index in [4.69, 9.17) is 15.2 Å². The average Bonchev–Trinajstić information content (AvgIpc) is 4.04. The number of imide groups is 1. The number of benzene rings is 1. The lowest BCUT2D eigenvalue weighted by Gasteiger charge is -2.41. The Hall–Kier alpha value is -4.87. The second-order valence-electron chi connectivity index (χ2n) is 19.9. The molecule has 17 heteroatoms. The second kappa shape index (κ2) is 26.2. The van der Waals surface area contributed by atoms with Crippen LogP contribution in [0.5, 0.6) is 0 Å². The second-order valence-corrected chi connectivity index (χ2v) is 19.9. The highest BCUT2D eigenvalue weighted by Gasteiger charge is 2.43. The summed E-state index contributed by atoms with van der Waals surface area (Å²) >= 11 is 0. The van der Waals surface area contributed by atoms with Gasteiger partial charge in [0, 0.05) is 70.7 Å². The molecule has 4 rings (SSSR count). The number of ether oxygens (including phenoxy) is 2. The van der Waals surface area contributed by atoms with Crippen molar-refractivity contribution in [3.8, 4) is 0 Å². The molecule has 0 bridgehead atoms. The number of carbonyl (C=O) groups is 7. The Bertz CT molecular complexity index is 2010. The first-order valence-electron chi connectivity index (χ1n) is 24.9. The van der Waals surface area contributed by atoms with E-state index in [1.165, 1.54) is 12.0 Å². The van der Waals surface area contributed by atoms with E-state index in [1.807, 2.05) is 84.0 Å². The van der Waals surface area contributed by atoms with Crippen LogP contribution in [0.25, 0.3) is 10.9 Å². The Morgan fingerprint density at radius 2 is 1.54 bits per heavy atom. The number of fused-ring (bicyclic) bond motifs is 1. The zero-order chi connectivity index (χ0) is 50.4. The lowest BCUT2D eigenvalue weighted by molar-refractivity contribution is -0.148. The highest BCUT2D eigenvalue weighted by atomic mass is 16.5. The molecule has 3 heterocycles. The van der Waals surface area contributed by atoms with Crippen LogP contribution in [0.15, 0.2) is 30.5 Å². The van der Waals surface area contributed by atoms with Gasteiger partial charge in [-0.15, -0.1) is 0 Å². The van der Waals surface area contributed by atoms with E-state index >= 15 is 0 Å². The van der Waals surface area contributed by atoms with Crippen LogP contribution in [-0.2, 0) is 49.5 Å². The number of aromatic amines is 1. The van der Waals surface area contributed by atoms with Crippen LogP contribution < -0.4 is 16.4 Å². The lowest BCUT2D eigenvalue weighted by Crippen LogP contribution is -2.60. The number of methoxy groups -OCH3 is 2. The topological polar surface area (TPSA) is 217 Å². The third kappa shape index (κ3) is 14.1. The minimum absolute atomic E-state index is 0.0293. The van der Waals surface area contributed by atoms with E-state index in [9.17, 15) is 33.6 Å². The van der Waals surface area contributed by atoms with Crippen LogP contribution in [0.3, 0.4) is 0 Å². The van der Waals surface area contributed by atoms with Crippen LogP contribution in [0.1, 0.15) is 118 Å². The molecule has 2 fully saturated rings. The largest absolute Gasteiger partial charge is 0.379 e. The van der Waals surface area contributed by atoms with Crippen molar-refractivity contribution in [1.29, 1.82) is 0 Å². The molecule has 2 aliphatic heterocycles. The number of H-pyrrole nitrogens is 1.